The molecular formula is C18H32N2O5. The van der Waals surface area contributed by atoms with E-state index in [9.17, 15) is 14.4 Å². The predicted molar refractivity (Wildman–Crippen MR) is 93.8 cm³/mol. The Morgan fingerprint density at radius 2 is 1.76 bits per heavy atom. The molecule has 1 aliphatic heterocycles. The molecule has 144 valence electrons. The number of hydrogen-bond acceptors (Lipinski definition) is 5. The van der Waals surface area contributed by atoms with Gasteiger partial charge in [-0.15, -0.1) is 0 Å². The standard InChI is InChI=1S/C18H32N2O5/c1-7-24-18(23)15-14(25-15)17(22)20(6)13(10-12(4)5)16(21)19-9-8-11(2)3/h11-15H,7-10H2,1-6H3,(H,19,21)/t13-,14-,15-/m0/s1. The number of hydrogen-bond donors (Lipinski definition) is 1. The quantitative estimate of drug-likeness (QED) is 0.471. The van der Waals surface area contributed by atoms with E-state index in [2.05, 4.69) is 19.2 Å². The van der Waals surface area contributed by atoms with Gasteiger partial charge in [0.1, 0.15) is 6.04 Å². The van der Waals surface area contributed by atoms with Gasteiger partial charge in [0.05, 0.1) is 6.61 Å². The summed E-state index contributed by atoms with van der Waals surface area (Å²) in [4.78, 5) is 38.1. The number of nitrogens with one attached hydrogen (secondary N) is 1. The van der Waals surface area contributed by atoms with Crippen LogP contribution in [0.4, 0.5) is 0 Å². The van der Waals surface area contributed by atoms with Gasteiger partial charge in [0.2, 0.25) is 5.91 Å². The van der Waals surface area contributed by atoms with Gasteiger partial charge in [-0.25, -0.2) is 4.79 Å². The van der Waals surface area contributed by atoms with Crippen molar-refractivity contribution in [2.45, 2.75) is 65.7 Å². The first kappa shape index (κ1) is 21.4. The van der Waals surface area contributed by atoms with Crippen molar-refractivity contribution in [3.05, 3.63) is 0 Å². The molecule has 7 nitrogen and oxygen atoms in total. The number of amides is 2. The van der Waals surface area contributed by atoms with Gasteiger partial charge < -0.3 is 19.7 Å². The third kappa shape index (κ3) is 6.65. The van der Waals surface area contributed by atoms with Crippen molar-refractivity contribution >= 4 is 17.8 Å². The van der Waals surface area contributed by atoms with Crippen molar-refractivity contribution in [3.63, 3.8) is 0 Å². The summed E-state index contributed by atoms with van der Waals surface area (Å²) in [5.74, 6) is -0.317. The second kappa shape index (κ2) is 9.75. The van der Waals surface area contributed by atoms with E-state index in [1.54, 1.807) is 14.0 Å². The molecule has 0 aliphatic carbocycles. The summed E-state index contributed by atoms with van der Waals surface area (Å²) in [7, 11) is 1.58. The lowest BCUT2D eigenvalue weighted by atomic mass is 10.0. The lowest BCUT2D eigenvalue weighted by Gasteiger charge is -2.28. The van der Waals surface area contributed by atoms with Gasteiger partial charge in [-0.1, -0.05) is 27.7 Å². The van der Waals surface area contributed by atoms with Crippen molar-refractivity contribution in [3.8, 4) is 0 Å². The number of nitrogens with zero attached hydrogens (tertiary/aromatic N) is 1. The predicted octanol–water partition coefficient (Wildman–Crippen LogP) is 1.35. The number of carbonyl (C=O) groups is 3. The highest BCUT2D eigenvalue weighted by atomic mass is 16.6. The fourth-order valence-corrected chi connectivity index (χ4v) is 2.55. The lowest BCUT2D eigenvalue weighted by molar-refractivity contribution is -0.145. The zero-order chi connectivity index (χ0) is 19.1. The monoisotopic (exact) mass is 356 g/mol. The fourth-order valence-electron chi connectivity index (χ4n) is 2.55. The summed E-state index contributed by atoms with van der Waals surface area (Å²) in [6.45, 7) is 10.7. The first-order valence-corrected chi connectivity index (χ1v) is 9.05. The SMILES string of the molecule is CCOC(=O)[C@H]1O[C@@H]1C(=O)N(C)[C@@H](CC(C)C)C(=O)NCCC(C)C. The molecule has 0 saturated carbocycles. The molecule has 0 aromatic carbocycles. The maximum absolute atomic E-state index is 12.5. The highest BCUT2D eigenvalue weighted by Gasteiger charge is 2.53. The summed E-state index contributed by atoms with van der Waals surface area (Å²) < 4.78 is 10.0. The lowest BCUT2D eigenvalue weighted by Crippen LogP contribution is -2.50. The molecule has 0 bridgehead atoms. The molecule has 0 aromatic heterocycles. The Labute approximate surface area is 150 Å². The van der Waals surface area contributed by atoms with Gasteiger partial charge in [-0.05, 0) is 31.6 Å². The van der Waals surface area contributed by atoms with Crippen LogP contribution in [0.5, 0.6) is 0 Å². The van der Waals surface area contributed by atoms with E-state index >= 15 is 0 Å². The van der Waals surface area contributed by atoms with Crippen molar-refractivity contribution in [1.29, 1.82) is 0 Å². The molecule has 2 amide bonds. The molecule has 1 saturated heterocycles. The maximum Gasteiger partial charge on any atom is 0.338 e. The van der Waals surface area contributed by atoms with Gasteiger partial charge in [0, 0.05) is 13.6 Å². The van der Waals surface area contributed by atoms with Crippen LogP contribution < -0.4 is 5.32 Å². The van der Waals surface area contributed by atoms with E-state index in [-0.39, 0.29) is 24.3 Å². The Hall–Kier alpha value is -1.63. The summed E-state index contributed by atoms with van der Waals surface area (Å²) >= 11 is 0. The van der Waals surface area contributed by atoms with E-state index < -0.39 is 24.2 Å². The molecule has 0 aromatic rings. The molecule has 0 radical (unpaired) electrons. The zero-order valence-corrected chi connectivity index (χ0v) is 16.2. The van der Waals surface area contributed by atoms with Gasteiger partial charge in [0.15, 0.2) is 12.2 Å². The molecule has 0 unspecified atom stereocenters. The summed E-state index contributed by atoms with van der Waals surface area (Å²) in [5, 5.41) is 2.90. The highest BCUT2D eigenvalue weighted by molar-refractivity contribution is 5.95. The van der Waals surface area contributed by atoms with Crippen molar-refractivity contribution < 1.29 is 23.9 Å². The van der Waals surface area contributed by atoms with Gasteiger partial charge in [0.25, 0.3) is 5.91 Å². The topological polar surface area (TPSA) is 88.2 Å². The van der Waals surface area contributed by atoms with E-state index in [1.807, 2.05) is 13.8 Å². The second-order valence-corrected chi connectivity index (χ2v) is 7.30. The van der Waals surface area contributed by atoms with Gasteiger partial charge in [-0.3, -0.25) is 9.59 Å². The third-order valence-electron chi connectivity index (χ3n) is 4.09. The summed E-state index contributed by atoms with van der Waals surface area (Å²) in [5.41, 5.74) is 0. The smallest absolute Gasteiger partial charge is 0.338 e. The molecule has 1 heterocycles. The van der Waals surface area contributed by atoms with Crippen LogP contribution in [-0.4, -0.2) is 61.1 Å². The molecule has 0 spiro atoms. The van der Waals surface area contributed by atoms with Crippen LogP contribution in [0.25, 0.3) is 0 Å². The summed E-state index contributed by atoms with van der Waals surface area (Å²) in [6, 6.07) is -0.577. The minimum Gasteiger partial charge on any atom is -0.464 e. The number of carbonyl (C=O) groups excluding carboxylic acids is 3. The number of rotatable bonds is 10. The minimum atomic E-state index is -0.849. The van der Waals surface area contributed by atoms with Crippen LogP contribution in [0, 0.1) is 11.8 Å². The third-order valence-corrected chi connectivity index (χ3v) is 4.09. The summed E-state index contributed by atoms with van der Waals surface area (Å²) in [6.07, 6.45) is -0.262. The van der Waals surface area contributed by atoms with Crippen LogP contribution in [0.15, 0.2) is 0 Å². The van der Waals surface area contributed by atoms with Crippen LogP contribution in [-0.2, 0) is 23.9 Å². The van der Waals surface area contributed by atoms with E-state index in [0.717, 1.165) is 6.42 Å². The Morgan fingerprint density at radius 1 is 1.12 bits per heavy atom. The van der Waals surface area contributed by atoms with E-state index in [4.69, 9.17) is 9.47 Å². The zero-order valence-electron chi connectivity index (χ0n) is 16.2. The number of epoxide rings is 1. The molecule has 3 atom stereocenters. The Balaban J connectivity index is 2.66. The minimum absolute atomic E-state index is 0.168. The average molecular weight is 356 g/mol. The van der Waals surface area contributed by atoms with E-state index in [1.165, 1.54) is 4.90 Å². The van der Waals surface area contributed by atoms with Crippen molar-refractivity contribution in [1.82, 2.24) is 10.2 Å². The molecule has 7 heteroatoms. The van der Waals surface area contributed by atoms with Crippen molar-refractivity contribution in [2.75, 3.05) is 20.2 Å². The molecule has 1 fully saturated rings. The number of ether oxygens (including phenoxy) is 2. The van der Waals surface area contributed by atoms with Gasteiger partial charge >= 0.3 is 5.97 Å². The number of likely N-dealkylation sites (N-methyl/N-ethyl adjacent to an activating group) is 1. The normalized spacial score (nSPS) is 20.3. The van der Waals surface area contributed by atoms with Crippen LogP contribution >= 0.6 is 0 Å². The van der Waals surface area contributed by atoms with Crippen LogP contribution in [0.3, 0.4) is 0 Å². The van der Waals surface area contributed by atoms with Crippen LogP contribution in [0.2, 0.25) is 0 Å². The molecule has 25 heavy (non-hydrogen) atoms. The second-order valence-electron chi connectivity index (χ2n) is 7.30. The maximum atomic E-state index is 12.5. The Morgan fingerprint density at radius 3 is 2.28 bits per heavy atom. The molecular weight excluding hydrogens is 324 g/mol. The highest BCUT2D eigenvalue weighted by Crippen LogP contribution is 2.26. The van der Waals surface area contributed by atoms with Crippen LogP contribution in [0.1, 0.15) is 47.5 Å². The van der Waals surface area contributed by atoms with E-state index in [0.29, 0.717) is 18.9 Å². The molecule has 1 aliphatic rings. The first-order valence-electron chi connectivity index (χ1n) is 9.05. The molecule has 1 rings (SSSR count). The Kier molecular flexibility index (Phi) is 8.35. The van der Waals surface area contributed by atoms with Crippen molar-refractivity contribution in [2.24, 2.45) is 11.8 Å². The Bertz CT molecular complexity index is 478. The first-order chi connectivity index (χ1) is 11.7. The average Bonchev–Trinajstić information content (AvgIpc) is 3.31. The number of esters is 1. The fraction of sp³-hybridized carbons (Fsp3) is 0.833. The van der Waals surface area contributed by atoms with Gasteiger partial charge in [-0.2, -0.15) is 0 Å². The largest absolute Gasteiger partial charge is 0.464 e. The molecule has 1 N–H and O–H groups in total.